The summed E-state index contributed by atoms with van der Waals surface area (Å²) < 4.78 is 10.3. The first-order valence-corrected chi connectivity index (χ1v) is 5.97. The smallest absolute Gasteiger partial charge is 0.313 e. The maximum atomic E-state index is 11.6. The number of benzene rings is 1. The minimum Gasteiger partial charge on any atom is -0.496 e. The van der Waals surface area contributed by atoms with Crippen molar-refractivity contribution in [2.75, 3.05) is 13.7 Å². The molecule has 0 aliphatic heterocycles. The van der Waals surface area contributed by atoms with Crippen molar-refractivity contribution in [3.05, 3.63) is 29.3 Å². The van der Waals surface area contributed by atoms with Crippen LogP contribution in [-0.2, 0) is 16.0 Å². The van der Waals surface area contributed by atoms with Gasteiger partial charge in [-0.05, 0) is 37.5 Å². The second kappa shape index (κ2) is 6.28. The summed E-state index contributed by atoms with van der Waals surface area (Å²) in [5.74, 6) is 0.384. The summed E-state index contributed by atoms with van der Waals surface area (Å²) in [5, 5.41) is 0. The van der Waals surface area contributed by atoms with Crippen LogP contribution in [0.1, 0.15) is 37.8 Å². The highest BCUT2D eigenvalue weighted by atomic mass is 16.5. The normalized spacial score (nSPS) is 12.0. The van der Waals surface area contributed by atoms with E-state index in [2.05, 4.69) is 6.92 Å². The molecule has 0 aliphatic carbocycles. The third-order valence-corrected chi connectivity index (χ3v) is 2.83. The molecule has 0 spiro atoms. The van der Waals surface area contributed by atoms with E-state index in [1.807, 2.05) is 32.0 Å². The van der Waals surface area contributed by atoms with Gasteiger partial charge >= 0.3 is 5.97 Å². The van der Waals surface area contributed by atoms with Crippen LogP contribution in [-0.4, -0.2) is 19.7 Å². The highest BCUT2D eigenvalue weighted by molar-refractivity contribution is 5.77. The molecule has 0 heterocycles. The van der Waals surface area contributed by atoms with Gasteiger partial charge in [-0.15, -0.1) is 0 Å². The summed E-state index contributed by atoms with van der Waals surface area (Å²) in [5.41, 5.74) is 2.07. The average molecular weight is 236 g/mol. The van der Waals surface area contributed by atoms with Gasteiger partial charge in [-0.1, -0.05) is 19.1 Å². The lowest BCUT2D eigenvalue weighted by Gasteiger charge is -2.14. The number of carbonyl (C=O) groups excluding carboxylic acids is 1. The molecule has 3 heteroatoms. The van der Waals surface area contributed by atoms with Gasteiger partial charge in [-0.2, -0.15) is 0 Å². The number of rotatable bonds is 5. The van der Waals surface area contributed by atoms with Crippen molar-refractivity contribution in [2.24, 2.45) is 0 Å². The summed E-state index contributed by atoms with van der Waals surface area (Å²) in [6.07, 6.45) is 0.914. The van der Waals surface area contributed by atoms with Crippen LogP contribution in [0.4, 0.5) is 0 Å². The van der Waals surface area contributed by atoms with Crippen LogP contribution in [0.2, 0.25) is 0 Å². The average Bonchev–Trinajstić information content (AvgIpc) is 2.37. The predicted octanol–water partition coefficient (Wildman–Crippen LogP) is 2.92. The van der Waals surface area contributed by atoms with E-state index in [0.29, 0.717) is 6.61 Å². The number of esters is 1. The summed E-state index contributed by atoms with van der Waals surface area (Å²) in [4.78, 5) is 11.6. The first-order chi connectivity index (χ1) is 8.13. The van der Waals surface area contributed by atoms with Crippen LogP contribution >= 0.6 is 0 Å². The van der Waals surface area contributed by atoms with Crippen LogP contribution in [0.25, 0.3) is 0 Å². The number of hydrogen-bond donors (Lipinski definition) is 0. The molecular weight excluding hydrogens is 216 g/mol. The Bertz CT molecular complexity index is 385. The zero-order valence-electron chi connectivity index (χ0n) is 10.9. The van der Waals surface area contributed by atoms with Gasteiger partial charge in [0.1, 0.15) is 5.75 Å². The number of hydrogen-bond acceptors (Lipinski definition) is 3. The molecule has 0 saturated carbocycles. The van der Waals surface area contributed by atoms with Gasteiger partial charge < -0.3 is 9.47 Å². The Morgan fingerprint density at radius 3 is 2.59 bits per heavy atom. The summed E-state index contributed by atoms with van der Waals surface area (Å²) >= 11 is 0. The van der Waals surface area contributed by atoms with Crippen LogP contribution in [0.5, 0.6) is 5.75 Å². The molecule has 0 fully saturated rings. The van der Waals surface area contributed by atoms with Gasteiger partial charge in [-0.3, -0.25) is 4.79 Å². The molecule has 0 bridgehead atoms. The van der Waals surface area contributed by atoms with E-state index in [9.17, 15) is 4.79 Å². The van der Waals surface area contributed by atoms with Crippen molar-refractivity contribution in [1.82, 2.24) is 0 Å². The standard InChI is InChI=1S/C14H20O3/c1-5-11-7-8-12(9-13(11)16-4)10(3)14(15)17-6-2/h7-10H,5-6H2,1-4H3. The highest BCUT2D eigenvalue weighted by Gasteiger charge is 2.17. The zero-order valence-corrected chi connectivity index (χ0v) is 10.9. The molecule has 17 heavy (non-hydrogen) atoms. The first kappa shape index (κ1) is 13.6. The summed E-state index contributed by atoms with van der Waals surface area (Å²) in [7, 11) is 1.65. The molecule has 1 atom stereocenters. The summed E-state index contributed by atoms with van der Waals surface area (Å²) in [6.45, 7) is 6.14. The van der Waals surface area contributed by atoms with E-state index in [4.69, 9.17) is 9.47 Å². The lowest BCUT2D eigenvalue weighted by Crippen LogP contribution is -2.13. The quantitative estimate of drug-likeness (QED) is 0.737. The molecular formula is C14H20O3. The predicted molar refractivity (Wildman–Crippen MR) is 67.4 cm³/mol. The molecule has 1 aromatic rings. The Labute approximate surface area is 103 Å². The molecule has 3 nitrogen and oxygen atoms in total. The van der Waals surface area contributed by atoms with Crippen molar-refractivity contribution in [1.29, 1.82) is 0 Å². The number of aryl methyl sites for hydroxylation is 1. The number of ether oxygens (including phenoxy) is 2. The van der Waals surface area contributed by atoms with E-state index in [0.717, 1.165) is 23.3 Å². The Morgan fingerprint density at radius 2 is 2.06 bits per heavy atom. The SMILES string of the molecule is CCOC(=O)C(C)c1ccc(CC)c(OC)c1. The molecule has 0 saturated heterocycles. The van der Waals surface area contributed by atoms with Crippen molar-refractivity contribution in [2.45, 2.75) is 33.1 Å². The lowest BCUT2D eigenvalue weighted by molar-refractivity contribution is -0.144. The zero-order chi connectivity index (χ0) is 12.8. The van der Waals surface area contributed by atoms with Gasteiger partial charge in [0.2, 0.25) is 0 Å². The van der Waals surface area contributed by atoms with Crippen molar-refractivity contribution in [3.63, 3.8) is 0 Å². The molecule has 0 aromatic heterocycles. The number of methoxy groups -OCH3 is 1. The Kier molecular flexibility index (Phi) is 5.01. The Hall–Kier alpha value is -1.51. The van der Waals surface area contributed by atoms with E-state index in [1.165, 1.54) is 0 Å². The topological polar surface area (TPSA) is 35.5 Å². The fourth-order valence-corrected chi connectivity index (χ4v) is 1.73. The third-order valence-electron chi connectivity index (χ3n) is 2.83. The van der Waals surface area contributed by atoms with Crippen LogP contribution < -0.4 is 4.74 Å². The van der Waals surface area contributed by atoms with Crippen molar-refractivity contribution in [3.8, 4) is 5.75 Å². The molecule has 0 radical (unpaired) electrons. The fourth-order valence-electron chi connectivity index (χ4n) is 1.73. The second-order valence-corrected chi connectivity index (χ2v) is 3.90. The van der Waals surface area contributed by atoms with E-state index in [-0.39, 0.29) is 11.9 Å². The monoisotopic (exact) mass is 236 g/mol. The maximum Gasteiger partial charge on any atom is 0.313 e. The fraction of sp³-hybridized carbons (Fsp3) is 0.500. The molecule has 1 aromatic carbocycles. The van der Waals surface area contributed by atoms with Gasteiger partial charge in [0.05, 0.1) is 19.6 Å². The third kappa shape index (κ3) is 3.22. The van der Waals surface area contributed by atoms with Crippen molar-refractivity contribution >= 4 is 5.97 Å². The van der Waals surface area contributed by atoms with E-state index in [1.54, 1.807) is 7.11 Å². The minimum atomic E-state index is -0.255. The molecule has 0 N–H and O–H groups in total. The number of carbonyl (C=O) groups is 1. The van der Waals surface area contributed by atoms with Gasteiger partial charge in [0.15, 0.2) is 0 Å². The molecule has 1 rings (SSSR count). The van der Waals surface area contributed by atoms with Gasteiger partial charge in [0, 0.05) is 0 Å². The second-order valence-electron chi connectivity index (χ2n) is 3.90. The van der Waals surface area contributed by atoms with Crippen LogP contribution in [0.15, 0.2) is 18.2 Å². The molecule has 94 valence electrons. The molecule has 1 unspecified atom stereocenters. The minimum absolute atomic E-state index is 0.196. The largest absolute Gasteiger partial charge is 0.496 e. The van der Waals surface area contributed by atoms with Gasteiger partial charge in [0.25, 0.3) is 0 Å². The first-order valence-electron chi connectivity index (χ1n) is 5.97. The maximum absolute atomic E-state index is 11.6. The van der Waals surface area contributed by atoms with Crippen molar-refractivity contribution < 1.29 is 14.3 Å². The molecule has 0 aliphatic rings. The Morgan fingerprint density at radius 1 is 1.35 bits per heavy atom. The van der Waals surface area contributed by atoms with E-state index < -0.39 is 0 Å². The Balaban J connectivity index is 2.95. The van der Waals surface area contributed by atoms with E-state index >= 15 is 0 Å². The highest BCUT2D eigenvalue weighted by Crippen LogP contribution is 2.25. The van der Waals surface area contributed by atoms with Crippen LogP contribution in [0, 0.1) is 0 Å². The van der Waals surface area contributed by atoms with Crippen LogP contribution in [0.3, 0.4) is 0 Å². The molecule has 0 amide bonds. The summed E-state index contributed by atoms with van der Waals surface area (Å²) in [6, 6.07) is 5.88. The van der Waals surface area contributed by atoms with Gasteiger partial charge in [-0.25, -0.2) is 0 Å². The lowest BCUT2D eigenvalue weighted by atomic mass is 9.98.